The zero-order chi connectivity index (χ0) is 17.1. The second kappa shape index (κ2) is 7.25. The van der Waals surface area contributed by atoms with Crippen LogP contribution in [0.4, 0.5) is 0 Å². The van der Waals surface area contributed by atoms with Gasteiger partial charge in [-0.05, 0) is 24.6 Å². The Bertz CT molecular complexity index is 772. The zero-order valence-corrected chi connectivity index (χ0v) is 15.1. The summed E-state index contributed by atoms with van der Waals surface area (Å²) in [5, 5.41) is 8.54. The lowest BCUT2D eigenvalue weighted by Crippen LogP contribution is -2.38. The molecule has 0 saturated carbocycles. The Balaban J connectivity index is 1.68. The molecule has 3 rings (SSSR count). The van der Waals surface area contributed by atoms with E-state index in [4.69, 9.17) is 0 Å². The summed E-state index contributed by atoms with van der Waals surface area (Å²) >= 11 is 3.48. The topological polar surface area (TPSA) is 68.1 Å². The number of fused-ring (bicyclic) bond motifs is 1. The van der Waals surface area contributed by atoms with Crippen LogP contribution in [0.5, 0.6) is 0 Å². The van der Waals surface area contributed by atoms with Crippen LogP contribution in [0.1, 0.15) is 37.0 Å². The molecular weight excluding hydrogens is 372 g/mol. The van der Waals surface area contributed by atoms with Crippen LogP contribution < -0.4 is 0 Å². The summed E-state index contributed by atoms with van der Waals surface area (Å²) < 4.78 is 3.14. The molecule has 0 bridgehead atoms. The van der Waals surface area contributed by atoms with Gasteiger partial charge in [0.1, 0.15) is 11.6 Å². The van der Waals surface area contributed by atoms with Gasteiger partial charge in [0.25, 0.3) is 0 Å². The maximum absolute atomic E-state index is 12.2. The van der Waals surface area contributed by atoms with Crippen molar-refractivity contribution in [3.63, 3.8) is 0 Å². The van der Waals surface area contributed by atoms with Crippen molar-refractivity contribution in [1.29, 1.82) is 0 Å². The number of ketones is 1. The molecule has 0 radical (unpaired) electrons. The van der Waals surface area contributed by atoms with Crippen LogP contribution in [0, 0.1) is 0 Å². The summed E-state index contributed by atoms with van der Waals surface area (Å²) in [6, 6.07) is 8.13. The summed E-state index contributed by atoms with van der Waals surface area (Å²) in [7, 11) is 0. The van der Waals surface area contributed by atoms with Crippen molar-refractivity contribution in [3.05, 3.63) is 46.0 Å². The second-order valence-electron chi connectivity index (χ2n) is 6.01. The molecule has 0 N–H and O–H groups in total. The van der Waals surface area contributed by atoms with E-state index in [0.717, 1.165) is 16.1 Å². The summed E-state index contributed by atoms with van der Waals surface area (Å²) in [6.45, 7) is 3.29. The minimum Gasteiger partial charge on any atom is -0.333 e. The minimum atomic E-state index is 0.00740. The van der Waals surface area contributed by atoms with E-state index in [2.05, 4.69) is 42.8 Å². The molecule has 2 aromatic rings. The Hall–Kier alpha value is -2.02. The Labute approximate surface area is 149 Å². The van der Waals surface area contributed by atoms with Gasteiger partial charge in [-0.1, -0.05) is 28.1 Å². The lowest BCUT2D eigenvalue weighted by molar-refractivity contribution is -0.134. The molecule has 7 heteroatoms. The minimum absolute atomic E-state index is 0.00740. The first kappa shape index (κ1) is 16.8. The van der Waals surface area contributed by atoms with E-state index in [0.29, 0.717) is 32.5 Å². The maximum Gasteiger partial charge on any atom is 0.223 e. The predicted octanol–water partition coefficient (Wildman–Crippen LogP) is 2.34. The highest BCUT2D eigenvalue weighted by atomic mass is 79.9. The van der Waals surface area contributed by atoms with E-state index in [1.54, 1.807) is 4.90 Å². The van der Waals surface area contributed by atoms with Crippen LogP contribution in [-0.4, -0.2) is 37.9 Å². The van der Waals surface area contributed by atoms with Crippen molar-refractivity contribution in [2.75, 3.05) is 6.54 Å². The summed E-state index contributed by atoms with van der Waals surface area (Å²) in [5.41, 5.74) is 1.17. The Morgan fingerprint density at radius 1 is 1.21 bits per heavy atom. The van der Waals surface area contributed by atoms with E-state index in [1.807, 2.05) is 12.1 Å². The molecule has 1 aliphatic rings. The number of hydrogen-bond donors (Lipinski definition) is 0. The molecule has 1 aromatic heterocycles. The molecule has 0 fully saturated rings. The molecule has 2 heterocycles. The fourth-order valence-electron chi connectivity index (χ4n) is 2.83. The van der Waals surface area contributed by atoms with Gasteiger partial charge in [-0.25, -0.2) is 0 Å². The molecule has 0 unspecified atom stereocenters. The number of benzene rings is 1. The van der Waals surface area contributed by atoms with Gasteiger partial charge in [0.05, 0.1) is 6.54 Å². The van der Waals surface area contributed by atoms with Gasteiger partial charge in [0.15, 0.2) is 5.82 Å². The highest BCUT2D eigenvalue weighted by Crippen LogP contribution is 2.18. The molecule has 0 saturated heterocycles. The highest BCUT2D eigenvalue weighted by molar-refractivity contribution is 9.10. The molecule has 1 amide bonds. The molecule has 0 atom stereocenters. The van der Waals surface area contributed by atoms with E-state index < -0.39 is 0 Å². The number of Topliss-reactive ketones (excluding diaryl/α,β-unsaturated/α-hetero) is 1. The summed E-state index contributed by atoms with van der Waals surface area (Å²) in [4.78, 5) is 24.9. The second-order valence-corrected chi connectivity index (χ2v) is 6.92. The highest BCUT2D eigenvalue weighted by Gasteiger charge is 2.24. The number of halogens is 1. The van der Waals surface area contributed by atoms with Crippen molar-refractivity contribution in [1.82, 2.24) is 19.7 Å². The van der Waals surface area contributed by atoms with Crippen LogP contribution in [-0.2, 0) is 29.1 Å². The fraction of sp³-hybridized carbons (Fsp3) is 0.412. The van der Waals surface area contributed by atoms with Gasteiger partial charge in [0, 0.05) is 36.8 Å². The van der Waals surface area contributed by atoms with Crippen molar-refractivity contribution < 1.29 is 9.59 Å². The molecule has 0 spiro atoms. The van der Waals surface area contributed by atoms with Crippen LogP contribution in [0.3, 0.4) is 0 Å². The van der Waals surface area contributed by atoms with Gasteiger partial charge in [0.2, 0.25) is 5.91 Å². The SMILES string of the molecule is CC(=O)CCC(=O)N1CCn2c(Cc3cccc(Br)c3)nnc2C1. The van der Waals surface area contributed by atoms with Gasteiger partial charge < -0.3 is 14.3 Å². The molecular formula is C17H19BrN4O2. The standard InChI is InChI=1S/C17H19BrN4O2/c1-12(23)5-6-17(24)21-7-8-22-15(19-20-16(22)11-21)10-13-3-2-4-14(18)9-13/h2-4,9H,5-8,10-11H2,1H3. The number of hydrogen-bond acceptors (Lipinski definition) is 4. The molecule has 1 aromatic carbocycles. The zero-order valence-electron chi connectivity index (χ0n) is 13.5. The third kappa shape index (κ3) is 3.90. The smallest absolute Gasteiger partial charge is 0.223 e. The lowest BCUT2D eigenvalue weighted by atomic mass is 10.1. The normalized spacial score (nSPS) is 13.7. The molecule has 0 aliphatic carbocycles. The average molecular weight is 391 g/mol. The maximum atomic E-state index is 12.2. The molecule has 6 nitrogen and oxygen atoms in total. The van der Waals surface area contributed by atoms with Crippen LogP contribution in [0.2, 0.25) is 0 Å². The molecule has 24 heavy (non-hydrogen) atoms. The van der Waals surface area contributed by atoms with Crippen molar-refractivity contribution >= 4 is 27.6 Å². The number of rotatable bonds is 5. The Morgan fingerprint density at radius 2 is 2.04 bits per heavy atom. The summed E-state index contributed by atoms with van der Waals surface area (Å²) in [6.07, 6.45) is 1.29. The fourth-order valence-corrected chi connectivity index (χ4v) is 3.28. The molecule has 1 aliphatic heterocycles. The predicted molar refractivity (Wildman–Crippen MR) is 92.3 cm³/mol. The van der Waals surface area contributed by atoms with E-state index in [1.165, 1.54) is 12.5 Å². The molecule has 126 valence electrons. The Kier molecular flexibility index (Phi) is 5.08. The number of carbonyl (C=O) groups is 2. The van der Waals surface area contributed by atoms with Crippen molar-refractivity contribution in [3.8, 4) is 0 Å². The monoisotopic (exact) mass is 390 g/mol. The van der Waals surface area contributed by atoms with E-state index >= 15 is 0 Å². The van der Waals surface area contributed by atoms with E-state index in [-0.39, 0.29) is 18.1 Å². The van der Waals surface area contributed by atoms with Crippen LogP contribution in [0.15, 0.2) is 28.7 Å². The third-order valence-electron chi connectivity index (χ3n) is 4.12. The first-order valence-corrected chi connectivity index (χ1v) is 8.75. The van der Waals surface area contributed by atoms with Crippen molar-refractivity contribution in [2.45, 2.75) is 39.3 Å². The lowest BCUT2D eigenvalue weighted by Gasteiger charge is -2.28. The Morgan fingerprint density at radius 3 is 2.79 bits per heavy atom. The van der Waals surface area contributed by atoms with Crippen LogP contribution >= 0.6 is 15.9 Å². The number of carbonyl (C=O) groups excluding carboxylic acids is 2. The average Bonchev–Trinajstić information content (AvgIpc) is 2.95. The third-order valence-corrected chi connectivity index (χ3v) is 4.62. The number of nitrogens with zero attached hydrogens (tertiary/aromatic N) is 4. The largest absolute Gasteiger partial charge is 0.333 e. The van der Waals surface area contributed by atoms with Crippen molar-refractivity contribution in [2.24, 2.45) is 0 Å². The van der Waals surface area contributed by atoms with Crippen LogP contribution in [0.25, 0.3) is 0 Å². The quantitative estimate of drug-likeness (QED) is 0.785. The number of aromatic nitrogens is 3. The van der Waals surface area contributed by atoms with E-state index in [9.17, 15) is 9.59 Å². The van der Waals surface area contributed by atoms with Gasteiger partial charge in [-0.15, -0.1) is 10.2 Å². The first-order valence-electron chi connectivity index (χ1n) is 7.95. The van der Waals surface area contributed by atoms with Gasteiger partial charge >= 0.3 is 0 Å². The summed E-state index contributed by atoms with van der Waals surface area (Å²) in [5.74, 6) is 1.77. The van der Waals surface area contributed by atoms with Gasteiger partial charge in [-0.2, -0.15) is 0 Å². The first-order chi connectivity index (χ1) is 11.5. The number of amides is 1. The van der Waals surface area contributed by atoms with Gasteiger partial charge in [-0.3, -0.25) is 4.79 Å².